The number of esters is 2. The minimum absolute atomic E-state index is 0.187. The normalized spacial score (nSPS) is 25.2. The summed E-state index contributed by atoms with van der Waals surface area (Å²) in [5, 5.41) is 4.10. The summed E-state index contributed by atoms with van der Waals surface area (Å²) in [7, 11) is 0. The molecule has 3 atom stereocenters. The maximum Gasteiger partial charge on any atom is 0.334 e. The number of halogens is 1. The molecule has 1 saturated carbocycles. The number of rotatable bonds is 10. The summed E-state index contributed by atoms with van der Waals surface area (Å²) < 4.78 is 29.3. The molecule has 0 bridgehead atoms. The largest absolute Gasteiger partial charge is 0.493 e. The Hall–Kier alpha value is -3.98. The Bertz CT molecular complexity index is 1810. The minimum Gasteiger partial charge on any atom is -0.493 e. The molecule has 3 aliphatic carbocycles. The molecule has 0 amide bonds. The van der Waals surface area contributed by atoms with Gasteiger partial charge >= 0.3 is 11.9 Å². The molecule has 0 unspecified atom stereocenters. The molecule has 52 heavy (non-hydrogen) atoms. The highest BCUT2D eigenvalue weighted by atomic mass is 35.5. The topological polar surface area (TPSA) is 105 Å². The van der Waals surface area contributed by atoms with E-state index < -0.39 is 29.7 Å². The third kappa shape index (κ3) is 7.17. The first-order valence-electron chi connectivity index (χ1n) is 18.8. The van der Waals surface area contributed by atoms with Gasteiger partial charge in [0.05, 0.1) is 12.0 Å². The summed E-state index contributed by atoms with van der Waals surface area (Å²) in [6, 6.07) is 13.8. The average molecular weight is 731 g/mol. The van der Waals surface area contributed by atoms with Crippen LogP contribution in [0, 0.1) is 17.3 Å². The number of carbonyl (C=O) groups excluding carboxylic acids is 2. The third-order valence-electron chi connectivity index (χ3n) is 11.8. The van der Waals surface area contributed by atoms with Crippen molar-refractivity contribution in [2.75, 3.05) is 25.5 Å². The van der Waals surface area contributed by atoms with Crippen LogP contribution in [0.25, 0.3) is 0 Å². The molecule has 2 aromatic carbocycles. The Morgan fingerprint density at radius 1 is 1.06 bits per heavy atom. The second-order valence-electron chi connectivity index (χ2n) is 16.5. The summed E-state index contributed by atoms with van der Waals surface area (Å²) >= 11 is 6.37. The lowest BCUT2D eigenvalue weighted by Gasteiger charge is -2.48. The second kappa shape index (κ2) is 14.4. The van der Waals surface area contributed by atoms with Gasteiger partial charge in [-0.2, -0.15) is 0 Å². The number of nitrogens with one attached hydrogen (secondary N) is 1. The number of anilines is 1. The van der Waals surface area contributed by atoms with Crippen molar-refractivity contribution < 1.29 is 33.3 Å². The molecule has 1 spiro atoms. The summed E-state index contributed by atoms with van der Waals surface area (Å²) in [6.45, 7) is 10.3. The van der Waals surface area contributed by atoms with Crippen LogP contribution in [0.1, 0.15) is 108 Å². The highest BCUT2D eigenvalue weighted by molar-refractivity contribution is 6.30. The van der Waals surface area contributed by atoms with Gasteiger partial charge < -0.3 is 29.0 Å². The lowest BCUT2D eigenvalue weighted by atomic mass is 9.59. The van der Waals surface area contributed by atoms with Crippen LogP contribution in [-0.2, 0) is 37.3 Å². The molecular formula is C42H51ClN2O7. The summed E-state index contributed by atoms with van der Waals surface area (Å²) in [5.74, 6) is 2.73. The Kier molecular flexibility index (Phi) is 10.1. The van der Waals surface area contributed by atoms with Gasteiger partial charge in [-0.15, -0.1) is 0 Å². The van der Waals surface area contributed by atoms with Crippen molar-refractivity contribution >= 4 is 29.2 Å². The lowest BCUT2D eigenvalue weighted by Crippen LogP contribution is -2.54. The Balaban J connectivity index is 1.13. The Morgan fingerprint density at radius 2 is 1.83 bits per heavy atom. The number of carbonyl (C=O) groups is 2. The molecule has 7 rings (SSSR count). The first kappa shape index (κ1) is 36.4. The fourth-order valence-corrected chi connectivity index (χ4v) is 9.17. The standard InChI is InChI=1S/C42H51ClN2O7/c1-26(23-48-34-12-17-44-33-11-6-8-27(2)37(33)34)18-29-19-28-20-35-36(50-24-49-35)22-32(28)41(29)13-15-42(16-14-41,45-31-10-7-9-30(43)21-31)39(47)52-25-51-38(46)40(3,4)5/h7,9-10,12,17,20-22,26-27,29,45H,6,8,11,13-16,18-19,23-25H2,1-5H3/t26-,27-,29+,41?,42?/m1/s1. The van der Waals surface area contributed by atoms with Crippen LogP contribution in [0.4, 0.5) is 5.69 Å². The average Bonchev–Trinajstić information content (AvgIpc) is 3.68. The number of benzene rings is 2. The van der Waals surface area contributed by atoms with Gasteiger partial charge in [-0.1, -0.05) is 31.5 Å². The van der Waals surface area contributed by atoms with Gasteiger partial charge in [-0.05, 0) is 149 Å². The van der Waals surface area contributed by atoms with Crippen molar-refractivity contribution in [3.8, 4) is 17.2 Å². The predicted octanol–water partition coefficient (Wildman–Crippen LogP) is 8.93. The quantitative estimate of drug-likeness (QED) is 0.162. The number of aromatic nitrogens is 1. The maximum absolute atomic E-state index is 14.1. The van der Waals surface area contributed by atoms with Gasteiger partial charge in [0, 0.05) is 28.2 Å². The van der Waals surface area contributed by atoms with Crippen molar-refractivity contribution in [2.45, 2.75) is 109 Å². The van der Waals surface area contributed by atoms with E-state index in [0.717, 1.165) is 61.5 Å². The van der Waals surface area contributed by atoms with E-state index in [2.05, 4.69) is 36.3 Å². The highest BCUT2D eigenvalue weighted by Gasteiger charge is 2.55. The van der Waals surface area contributed by atoms with E-state index in [4.69, 9.17) is 35.3 Å². The third-order valence-corrected chi connectivity index (χ3v) is 12.0. The van der Waals surface area contributed by atoms with E-state index in [-0.39, 0.29) is 18.1 Å². The number of pyridine rings is 1. The summed E-state index contributed by atoms with van der Waals surface area (Å²) in [4.78, 5) is 31.2. The van der Waals surface area contributed by atoms with Crippen LogP contribution in [0.5, 0.6) is 17.2 Å². The van der Waals surface area contributed by atoms with Crippen LogP contribution >= 0.6 is 11.6 Å². The molecule has 278 valence electrons. The number of aryl methyl sites for hydroxylation is 1. The van der Waals surface area contributed by atoms with Crippen LogP contribution in [-0.4, -0.2) is 42.7 Å². The maximum atomic E-state index is 14.1. The van der Waals surface area contributed by atoms with Crippen molar-refractivity contribution in [3.63, 3.8) is 0 Å². The van der Waals surface area contributed by atoms with E-state index >= 15 is 0 Å². The Labute approximate surface area is 312 Å². The van der Waals surface area contributed by atoms with Crippen molar-refractivity contribution in [3.05, 3.63) is 76.1 Å². The van der Waals surface area contributed by atoms with Gasteiger partial charge in [-0.25, -0.2) is 4.79 Å². The summed E-state index contributed by atoms with van der Waals surface area (Å²) in [5.41, 5.74) is 3.82. The fourth-order valence-electron chi connectivity index (χ4n) is 8.98. The molecule has 1 N–H and O–H groups in total. The number of hydrogen-bond donors (Lipinski definition) is 1. The number of fused-ring (bicyclic) bond motifs is 4. The van der Waals surface area contributed by atoms with Crippen LogP contribution < -0.4 is 19.5 Å². The second-order valence-corrected chi connectivity index (χ2v) is 16.9. The lowest BCUT2D eigenvalue weighted by molar-refractivity contribution is -0.176. The van der Waals surface area contributed by atoms with Crippen molar-refractivity contribution in [1.29, 1.82) is 0 Å². The van der Waals surface area contributed by atoms with Crippen molar-refractivity contribution in [1.82, 2.24) is 4.98 Å². The van der Waals surface area contributed by atoms with Gasteiger partial charge in [-0.3, -0.25) is 9.78 Å². The van der Waals surface area contributed by atoms with E-state index in [1.54, 1.807) is 26.8 Å². The van der Waals surface area contributed by atoms with Gasteiger partial charge in [0.25, 0.3) is 0 Å². The molecule has 9 nitrogen and oxygen atoms in total. The predicted molar refractivity (Wildman–Crippen MR) is 199 cm³/mol. The molecule has 0 radical (unpaired) electrons. The van der Waals surface area contributed by atoms with Crippen LogP contribution in [0.2, 0.25) is 5.02 Å². The fraction of sp³-hybridized carbons (Fsp3) is 0.548. The smallest absolute Gasteiger partial charge is 0.334 e. The van der Waals surface area contributed by atoms with Gasteiger partial charge in [0.1, 0.15) is 11.3 Å². The van der Waals surface area contributed by atoms with Crippen LogP contribution in [0.15, 0.2) is 48.7 Å². The van der Waals surface area contributed by atoms with Gasteiger partial charge in [0.15, 0.2) is 11.5 Å². The van der Waals surface area contributed by atoms with Crippen molar-refractivity contribution in [2.24, 2.45) is 17.3 Å². The zero-order valence-corrected chi connectivity index (χ0v) is 31.8. The molecule has 1 aromatic heterocycles. The molecule has 0 saturated heterocycles. The first-order chi connectivity index (χ1) is 24.9. The highest BCUT2D eigenvalue weighted by Crippen LogP contribution is 2.58. The van der Waals surface area contributed by atoms with E-state index in [1.165, 1.54) is 28.8 Å². The zero-order valence-electron chi connectivity index (χ0n) is 31.0. The zero-order chi connectivity index (χ0) is 36.7. The molecule has 3 aromatic rings. The number of hydrogen-bond acceptors (Lipinski definition) is 9. The van der Waals surface area contributed by atoms with Crippen LogP contribution in [0.3, 0.4) is 0 Å². The van der Waals surface area contributed by atoms with Gasteiger partial charge in [0.2, 0.25) is 13.6 Å². The molecule has 1 fully saturated rings. The molecular weight excluding hydrogens is 680 g/mol. The van der Waals surface area contributed by atoms with E-state index in [1.807, 2.05) is 30.5 Å². The van der Waals surface area contributed by atoms with E-state index in [9.17, 15) is 9.59 Å². The molecule has 4 aliphatic rings. The molecule has 2 heterocycles. The Morgan fingerprint density at radius 3 is 2.58 bits per heavy atom. The summed E-state index contributed by atoms with van der Waals surface area (Å²) in [6.07, 6.45) is 9.63. The first-order valence-corrected chi connectivity index (χ1v) is 19.2. The monoisotopic (exact) mass is 730 g/mol. The molecule has 1 aliphatic heterocycles. The molecule has 10 heteroatoms. The number of nitrogens with zero attached hydrogens (tertiary/aromatic N) is 1. The number of ether oxygens (including phenoxy) is 5. The van der Waals surface area contributed by atoms with E-state index in [0.29, 0.717) is 36.3 Å². The SMILES string of the molecule is C[C@@H](COc1ccnc2c1[C@H](C)CCC2)C[C@H]1Cc2cc3c(cc2C12CCC(Nc1cccc(Cl)c1)(C(=O)OCOC(=O)C(C)(C)C)CC2)OCO3. The minimum atomic E-state index is -1.04.